The minimum absolute atomic E-state index is 0.794. The molecule has 1 aromatic carbocycles. The van der Waals surface area contributed by atoms with Crippen molar-refractivity contribution in [3.8, 4) is 0 Å². The van der Waals surface area contributed by atoms with Crippen LogP contribution in [0.4, 0.5) is 0 Å². The Bertz CT molecular complexity index is 439. The molecule has 1 aliphatic rings. The third-order valence-electron chi connectivity index (χ3n) is 4.39. The van der Waals surface area contributed by atoms with Gasteiger partial charge in [0.1, 0.15) is 0 Å². The molecule has 2 rings (SSSR count). The molecule has 0 aromatic heterocycles. The number of aryl methyl sites for hydroxylation is 2. The maximum absolute atomic E-state index is 3.34. The number of hydrogen-bond donors (Lipinski definition) is 1. The van der Waals surface area contributed by atoms with Crippen LogP contribution < -0.4 is 5.32 Å². The van der Waals surface area contributed by atoms with Gasteiger partial charge in [0.05, 0.1) is 0 Å². The normalized spacial score (nSPS) is 17.7. The summed E-state index contributed by atoms with van der Waals surface area (Å²) in [5, 5.41) is 3.34. The minimum atomic E-state index is 0.794. The fraction of sp³-hybridized carbons (Fsp3) is 0.556. The summed E-state index contributed by atoms with van der Waals surface area (Å²) < 4.78 is 0. The fourth-order valence-electron chi connectivity index (χ4n) is 3.06. The maximum Gasteiger partial charge on any atom is 0.0167 e. The van der Waals surface area contributed by atoms with E-state index in [9.17, 15) is 0 Å². The maximum atomic E-state index is 3.34. The summed E-state index contributed by atoms with van der Waals surface area (Å²) in [6.45, 7) is 5.40. The van der Waals surface area contributed by atoms with Gasteiger partial charge in [-0.3, -0.25) is 0 Å². The third-order valence-corrected chi connectivity index (χ3v) is 4.39. The van der Waals surface area contributed by atoms with Crippen LogP contribution in [0.5, 0.6) is 0 Å². The van der Waals surface area contributed by atoms with E-state index in [0.717, 1.165) is 12.5 Å². The standard InChI is InChI=1S/C18H27N/c1-14-9-10-16(11-15(14)2)12-18(13-19-3)17-7-5-4-6-8-17/h9-12,17,19H,4-8,13H2,1-3H3. The molecule has 0 spiro atoms. The molecule has 0 radical (unpaired) electrons. The molecular weight excluding hydrogens is 230 g/mol. The van der Waals surface area contributed by atoms with Gasteiger partial charge < -0.3 is 5.32 Å². The van der Waals surface area contributed by atoms with Crippen molar-refractivity contribution >= 4 is 6.08 Å². The molecule has 1 saturated carbocycles. The number of nitrogens with one attached hydrogen (secondary N) is 1. The lowest BCUT2D eigenvalue weighted by Crippen LogP contribution is -2.19. The van der Waals surface area contributed by atoms with Gasteiger partial charge in [-0.1, -0.05) is 49.1 Å². The minimum Gasteiger partial charge on any atom is -0.316 e. The van der Waals surface area contributed by atoms with Gasteiger partial charge in [0, 0.05) is 6.54 Å². The Labute approximate surface area is 118 Å². The average molecular weight is 257 g/mol. The number of rotatable bonds is 4. The van der Waals surface area contributed by atoms with E-state index < -0.39 is 0 Å². The predicted molar refractivity (Wildman–Crippen MR) is 84.4 cm³/mol. The van der Waals surface area contributed by atoms with Gasteiger partial charge >= 0.3 is 0 Å². The van der Waals surface area contributed by atoms with Crippen LogP contribution in [0.3, 0.4) is 0 Å². The molecule has 0 aliphatic heterocycles. The Morgan fingerprint density at radius 1 is 1.16 bits per heavy atom. The first-order chi connectivity index (χ1) is 9.20. The lowest BCUT2D eigenvalue weighted by molar-refractivity contribution is 0.398. The second-order valence-electron chi connectivity index (χ2n) is 5.93. The Morgan fingerprint density at radius 2 is 1.89 bits per heavy atom. The molecule has 0 heterocycles. The molecule has 104 valence electrons. The molecule has 0 atom stereocenters. The molecule has 1 N–H and O–H groups in total. The average Bonchev–Trinajstić information content (AvgIpc) is 2.43. The van der Waals surface area contributed by atoms with Crippen molar-refractivity contribution in [3.63, 3.8) is 0 Å². The first-order valence-corrected chi connectivity index (χ1v) is 7.63. The molecule has 0 saturated heterocycles. The van der Waals surface area contributed by atoms with Gasteiger partial charge in [-0.25, -0.2) is 0 Å². The van der Waals surface area contributed by atoms with Crippen molar-refractivity contribution in [3.05, 3.63) is 40.5 Å². The van der Waals surface area contributed by atoms with Crippen molar-refractivity contribution in [1.82, 2.24) is 5.32 Å². The van der Waals surface area contributed by atoms with Crippen molar-refractivity contribution in [1.29, 1.82) is 0 Å². The van der Waals surface area contributed by atoms with E-state index >= 15 is 0 Å². The molecule has 1 aromatic rings. The van der Waals surface area contributed by atoms with Gasteiger partial charge in [0.25, 0.3) is 0 Å². The summed E-state index contributed by atoms with van der Waals surface area (Å²) in [6, 6.07) is 6.80. The summed E-state index contributed by atoms with van der Waals surface area (Å²) in [7, 11) is 2.05. The summed E-state index contributed by atoms with van der Waals surface area (Å²) in [5.74, 6) is 0.794. The van der Waals surface area contributed by atoms with E-state index in [1.165, 1.54) is 48.8 Å². The highest BCUT2D eigenvalue weighted by atomic mass is 14.8. The van der Waals surface area contributed by atoms with Crippen LogP contribution in [0.15, 0.2) is 23.8 Å². The summed E-state index contributed by atoms with van der Waals surface area (Å²) in [4.78, 5) is 0. The first kappa shape index (κ1) is 14.3. The third kappa shape index (κ3) is 3.94. The monoisotopic (exact) mass is 257 g/mol. The van der Waals surface area contributed by atoms with Crippen LogP contribution >= 0.6 is 0 Å². The highest BCUT2D eigenvalue weighted by Gasteiger charge is 2.17. The van der Waals surface area contributed by atoms with E-state index in [0.29, 0.717) is 0 Å². The zero-order valence-electron chi connectivity index (χ0n) is 12.6. The highest BCUT2D eigenvalue weighted by Crippen LogP contribution is 2.30. The lowest BCUT2D eigenvalue weighted by Gasteiger charge is -2.24. The van der Waals surface area contributed by atoms with E-state index in [2.05, 4.69) is 50.5 Å². The van der Waals surface area contributed by atoms with Gasteiger partial charge in [-0.05, 0) is 56.3 Å². The molecule has 1 heteroatoms. The quantitative estimate of drug-likeness (QED) is 0.838. The van der Waals surface area contributed by atoms with E-state index in [4.69, 9.17) is 0 Å². The molecule has 1 fully saturated rings. The molecule has 0 amide bonds. The summed E-state index contributed by atoms with van der Waals surface area (Å²) >= 11 is 0. The first-order valence-electron chi connectivity index (χ1n) is 7.63. The van der Waals surface area contributed by atoms with E-state index in [1.54, 1.807) is 5.57 Å². The van der Waals surface area contributed by atoms with E-state index in [1.807, 2.05) is 0 Å². The zero-order valence-corrected chi connectivity index (χ0v) is 12.6. The Hall–Kier alpha value is -1.08. The van der Waals surface area contributed by atoms with Crippen LogP contribution in [-0.4, -0.2) is 13.6 Å². The van der Waals surface area contributed by atoms with Gasteiger partial charge in [-0.2, -0.15) is 0 Å². The van der Waals surface area contributed by atoms with Crippen molar-refractivity contribution in [2.75, 3.05) is 13.6 Å². The Kier molecular flexibility index (Phi) is 5.21. The van der Waals surface area contributed by atoms with Crippen LogP contribution in [0.25, 0.3) is 6.08 Å². The Morgan fingerprint density at radius 3 is 2.53 bits per heavy atom. The molecule has 1 aliphatic carbocycles. The highest BCUT2D eigenvalue weighted by molar-refractivity contribution is 5.55. The smallest absolute Gasteiger partial charge is 0.0167 e. The van der Waals surface area contributed by atoms with Gasteiger partial charge in [0.15, 0.2) is 0 Å². The largest absolute Gasteiger partial charge is 0.316 e. The van der Waals surface area contributed by atoms with Crippen LogP contribution in [0, 0.1) is 19.8 Å². The van der Waals surface area contributed by atoms with Gasteiger partial charge in [0.2, 0.25) is 0 Å². The SMILES string of the molecule is CNCC(=Cc1ccc(C)c(C)c1)C1CCCCC1. The van der Waals surface area contributed by atoms with Gasteiger partial charge in [-0.15, -0.1) is 0 Å². The van der Waals surface area contributed by atoms with Crippen molar-refractivity contribution < 1.29 is 0 Å². The number of likely N-dealkylation sites (N-methyl/N-ethyl adjacent to an activating group) is 1. The molecular formula is C18H27N. The second-order valence-corrected chi connectivity index (χ2v) is 5.93. The summed E-state index contributed by atoms with van der Waals surface area (Å²) in [6.07, 6.45) is 9.39. The van der Waals surface area contributed by atoms with Crippen molar-refractivity contribution in [2.24, 2.45) is 5.92 Å². The zero-order chi connectivity index (χ0) is 13.7. The summed E-state index contributed by atoms with van der Waals surface area (Å²) in [5.41, 5.74) is 5.72. The molecule has 19 heavy (non-hydrogen) atoms. The van der Waals surface area contributed by atoms with E-state index in [-0.39, 0.29) is 0 Å². The second kappa shape index (κ2) is 6.91. The number of hydrogen-bond acceptors (Lipinski definition) is 1. The lowest BCUT2D eigenvalue weighted by atomic mass is 9.83. The number of benzene rings is 1. The molecule has 0 bridgehead atoms. The molecule has 0 unspecified atom stereocenters. The van der Waals surface area contributed by atoms with Crippen LogP contribution in [0.1, 0.15) is 48.8 Å². The fourth-order valence-corrected chi connectivity index (χ4v) is 3.06. The Balaban J connectivity index is 2.20. The molecule has 1 nitrogen and oxygen atoms in total. The van der Waals surface area contributed by atoms with Crippen LogP contribution in [-0.2, 0) is 0 Å². The topological polar surface area (TPSA) is 12.0 Å². The predicted octanol–water partition coefficient (Wildman–Crippen LogP) is 4.49. The van der Waals surface area contributed by atoms with Crippen LogP contribution in [0.2, 0.25) is 0 Å². The van der Waals surface area contributed by atoms with Crippen molar-refractivity contribution in [2.45, 2.75) is 46.0 Å².